The molecule has 0 aromatic carbocycles. The first kappa shape index (κ1) is 21.2. The van der Waals surface area contributed by atoms with Crippen LogP contribution in [0, 0.1) is 11.3 Å². The van der Waals surface area contributed by atoms with Crippen LogP contribution >= 0.6 is 0 Å². The molecule has 0 unspecified atom stereocenters. The number of carbonyl (C=O) groups excluding carboxylic acids is 1. The van der Waals surface area contributed by atoms with E-state index in [4.69, 9.17) is 10.00 Å². The summed E-state index contributed by atoms with van der Waals surface area (Å²) in [5.41, 5.74) is 3.28. The van der Waals surface area contributed by atoms with Gasteiger partial charge in [0.05, 0.1) is 36.8 Å². The lowest BCUT2D eigenvalue weighted by Crippen LogP contribution is -2.42. The average molecular weight is 429 g/mol. The van der Waals surface area contributed by atoms with Crippen LogP contribution in [0.4, 0.5) is 0 Å². The van der Waals surface area contributed by atoms with E-state index in [0.717, 1.165) is 27.9 Å². The van der Waals surface area contributed by atoms with Crippen LogP contribution < -0.4 is 5.32 Å². The van der Waals surface area contributed by atoms with Crippen LogP contribution in [0.15, 0.2) is 48.9 Å². The van der Waals surface area contributed by atoms with Crippen molar-refractivity contribution in [3.63, 3.8) is 0 Å². The van der Waals surface area contributed by atoms with Gasteiger partial charge in [-0.1, -0.05) is 6.07 Å². The highest BCUT2D eigenvalue weighted by atomic mass is 16.5. The predicted octanol–water partition coefficient (Wildman–Crippen LogP) is 3.17. The summed E-state index contributed by atoms with van der Waals surface area (Å²) in [6.07, 6.45) is 5.47. The van der Waals surface area contributed by atoms with Crippen molar-refractivity contribution in [2.75, 3.05) is 13.7 Å². The molecular formula is C23H23N7O2. The van der Waals surface area contributed by atoms with Crippen molar-refractivity contribution in [3.05, 3.63) is 54.6 Å². The summed E-state index contributed by atoms with van der Waals surface area (Å²) in [7, 11) is 1.66. The Labute approximate surface area is 185 Å². The van der Waals surface area contributed by atoms with Crippen LogP contribution in [-0.4, -0.2) is 49.9 Å². The van der Waals surface area contributed by atoms with Crippen LogP contribution in [0.2, 0.25) is 0 Å². The molecule has 0 aliphatic rings. The molecule has 0 aliphatic heterocycles. The highest BCUT2D eigenvalue weighted by Crippen LogP contribution is 2.26. The fourth-order valence-corrected chi connectivity index (χ4v) is 3.22. The van der Waals surface area contributed by atoms with E-state index in [0.29, 0.717) is 18.8 Å². The smallest absolute Gasteiger partial charge is 0.271 e. The van der Waals surface area contributed by atoms with Crippen LogP contribution in [0.3, 0.4) is 0 Å². The molecule has 0 atom stereocenters. The molecule has 9 heteroatoms. The maximum atomic E-state index is 12.5. The second-order valence-corrected chi connectivity index (χ2v) is 7.93. The summed E-state index contributed by atoms with van der Waals surface area (Å²) in [5, 5.41) is 17.1. The molecule has 4 aromatic rings. The molecule has 0 aliphatic carbocycles. The quantitative estimate of drug-likeness (QED) is 0.465. The second-order valence-electron chi connectivity index (χ2n) is 7.93. The van der Waals surface area contributed by atoms with E-state index in [9.17, 15) is 4.79 Å². The first-order chi connectivity index (χ1) is 15.4. The van der Waals surface area contributed by atoms with Gasteiger partial charge >= 0.3 is 0 Å². The first-order valence-electron chi connectivity index (χ1n) is 10.1. The summed E-state index contributed by atoms with van der Waals surface area (Å²) in [5.74, 6) is -0.401. The molecular weight excluding hydrogens is 406 g/mol. The highest BCUT2D eigenvalue weighted by Gasteiger charge is 2.21. The molecule has 0 radical (unpaired) electrons. The zero-order valence-corrected chi connectivity index (χ0v) is 18.1. The number of rotatable bonds is 7. The Kier molecular flexibility index (Phi) is 5.71. The molecule has 0 saturated heterocycles. The van der Waals surface area contributed by atoms with Gasteiger partial charge in [0.2, 0.25) is 0 Å². The van der Waals surface area contributed by atoms with Crippen LogP contribution in [0.25, 0.3) is 33.5 Å². The number of aromatic amines is 1. The summed E-state index contributed by atoms with van der Waals surface area (Å²) in [6.45, 7) is 4.55. The number of nitrogens with one attached hydrogen (secondary N) is 2. The Bertz CT molecular complexity index is 1310. The summed E-state index contributed by atoms with van der Waals surface area (Å²) >= 11 is 0. The SMILES string of the molecule is COCCn1cc(-c2cc3cc(-c4cccc(C(=O)NC(C)(C)C#N)n4)cnc3[nH]2)cn1. The molecule has 1 amide bonds. The van der Waals surface area contributed by atoms with Gasteiger partial charge in [0.15, 0.2) is 0 Å². The van der Waals surface area contributed by atoms with Crippen molar-refractivity contribution < 1.29 is 9.53 Å². The van der Waals surface area contributed by atoms with Crippen molar-refractivity contribution in [2.24, 2.45) is 0 Å². The zero-order chi connectivity index (χ0) is 22.7. The lowest BCUT2D eigenvalue weighted by Gasteiger charge is -2.17. The Morgan fingerprint density at radius 2 is 2.12 bits per heavy atom. The van der Waals surface area contributed by atoms with Gasteiger partial charge in [-0.2, -0.15) is 10.4 Å². The van der Waals surface area contributed by atoms with E-state index in [1.54, 1.807) is 45.5 Å². The summed E-state index contributed by atoms with van der Waals surface area (Å²) in [6, 6.07) is 11.2. The first-order valence-corrected chi connectivity index (χ1v) is 10.1. The molecule has 0 fully saturated rings. The summed E-state index contributed by atoms with van der Waals surface area (Å²) < 4.78 is 6.92. The average Bonchev–Trinajstić information content (AvgIpc) is 3.43. The number of H-pyrrole nitrogens is 1. The van der Waals surface area contributed by atoms with Gasteiger partial charge < -0.3 is 15.0 Å². The number of pyridine rings is 2. The highest BCUT2D eigenvalue weighted by molar-refractivity contribution is 5.94. The van der Waals surface area contributed by atoms with E-state index in [-0.39, 0.29) is 5.69 Å². The number of methoxy groups -OCH3 is 1. The topological polar surface area (TPSA) is 122 Å². The molecule has 0 spiro atoms. The van der Waals surface area contributed by atoms with Gasteiger partial charge in [0, 0.05) is 36.0 Å². The third kappa shape index (κ3) is 4.50. The van der Waals surface area contributed by atoms with E-state index in [2.05, 4.69) is 31.4 Å². The van der Waals surface area contributed by atoms with Crippen LogP contribution in [-0.2, 0) is 11.3 Å². The second kappa shape index (κ2) is 8.61. The minimum absolute atomic E-state index is 0.240. The zero-order valence-electron chi connectivity index (χ0n) is 18.1. The van der Waals surface area contributed by atoms with Crippen molar-refractivity contribution in [1.29, 1.82) is 5.26 Å². The molecule has 2 N–H and O–H groups in total. The Morgan fingerprint density at radius 1 is 1.28 bits per heavy atom. The lowest BCUT2D eigenvalue weighted by molar-refractivity contribution is 0.0924. The Morgan fingerprint density at radius 3 is 2.91 bits per heavy atom. The molecule has 162 valence electrons. The third-order valence-electron chi connectivity index (χ3n) is 4.92. The molecule has 0 saturated carbocycles. The minimum atomic E-state index is -0.978. The van der Waals surface area contributed by atoms with Gasteiger partial charge in [0.25, 0.3) is 5.91 Å². The molecule has 4 rings (SSSR count). The largest absolute Gasteiger partial charge is 0.383 e. The molecule has 32 heavy (non-hydrogen) atoms. The van der Waals surface area contributed by atoms with Gasteiger partial charge in [-0.25, -0.2) is 9.97 Å². The van der Waals surface area contributed by atoms with E-state index in [1.807, 2.05) is 29.1 Å². The standard InChI is InChI=1S/C23H23N7O2/c1-23(2,14-24)29-22(31)19-6-4-5-18(27-19)16-9-15-10-20(28-21(15)25-11-16)17-12-26-30(13-17)7-8-32-3/h4-6,9-13H,7-8H2,1-3H3,(H,25,28)(H,29,31). The van der Waals surface area contributed by atoms with Crippen LogP contribution in [0.5, 0.6) is 0 Å². The maximum absolute atomic E-state index is 12.5. The van der Waals surface area contributed by atoms with Gasteiger partial charge in [-0.05, 0) is 38.1 Å². The maximum Gasteiger partial charge on any atom is 0.271 e. The summed E-state index contributed by atoms with van der Waals surface area (Å²) in [4.78, 5) is 24.8. The van der Waals surface area contributed by atoms with E-state index >= 15 is 0 Å². The van der Waals surface area contributed by atoms with Gasteiger partial charge in [-0.15, -0.1) is 0 Å². The number of nitrogens with zero attached hydrogens (tertiary/aromatic N) is 5. The molecule has 9 nitrogen and oxygen atoms in total. The Hall–Kier alpha value is -4.03. The minimum Gasteiger partial charge on any atom is -0.383 e. The van der Waals surface area contributed by atoms with E-state index in [1.165, 1.54) is 0 Å². The number of hydrogen-bond acceptors (Lipinski definition) is 6. The Balaban J connectivity index is 1.60. The number of fused-ring (bicyclic) bond motifs is 1. The number of ether oxygens (including phenoxy) is 1. The number of amides is 1. The molecule has 0 bridgehead atoms. The predicted molar refractivity (Wildman–Crippen MR) is 120 cm³/mol. The number of hydrogen-bond donors (Lipinski definition) is 2. The molecule has 4 heterocycles. The third-order valence-corrected chi connectivity index (χ3v) is 4.92. The van der Waals surface area contributed by atoms with Crippen molar-refractivity contribution in [1.82, 2.24) is 30.0 Å². The van der Waals surface area contributed by atoms with Crippen molar-refractivity contribution >= 4 is 16.9 Å². The van der Waals surface area contributed by atoms with Gasteiger partial charge in [-0.3, -0.25) is 9.48 Å². The van der Waals surface area contributed by atoms with Crippen molar-refractivity contribution in [3.8, 4) is 28.6 Å². The van der Waals surface area contributed by atoms with Gasteiger partial charge in [0.1, 0.15) is 16.9 Å². The number of aromatic nitrogens is 5. The fraction of sp³-hybridized carbons (Fsp3) is 0.261. The normalized spacial score (nSPS) is 11.4. The lowest BCUT2D eigenvalue weighted by atomic mass is 10.1. The molecule has 4 aromatic heterocycles. The van der Waals surface area contributed by atoms with Crippen molar-refractivity contribution in [2.45, 2.75) is 25.9 Å². The number of carbonyl (C=O) groups is 1. The fourth-order valence-electron chi connectivity index (χ4n) is 3.22. The van der Waals surface area contributed by atoms with Crippen LogP contribution in [0.1, 0.15) is 24.3 Å². The number of nitriles is 1. The van der Waals surface area contributed by atoms with E-state index < -0.39 is 11.4 Å². The monoisotopic (exact) mass is 429 g/mol.